The number of hydrogen-bond donors (Lipinski definition) is 0. The first-order valence-corrected chi connectivity index (χ1v) is 13.2. The van der Waals surface area contributed by atoms with Crippen LogP contribution in [-0.4, -0.2) is 70.4 Å². The minimum absolute atomic E-state index is 1.05. The van der Waals surface area contributed by atoms with Crippen LogP contribution in [0.2, 0.25) is 0 Å². The second-order valence-electron chi connectivity index (χ2n) is 11.2. The minimum atomic E-state index is 1.05. The molecule has 1 aromatic heterocycles. The fourth-order valence-electron chi connectivity index (χ4n) is 4.76. The van der Waals surface area contributed by atoms with E-state index >= 15 is 0 Å². The molecule has 0 spiro atoms. The third-order valence-corrected chi connectivity index (χ3v) is 7.93. The number of quaternary nitrogens is 2. The molecule has 4 nitrogen and oxygen atoms in total. The highest BCUT2D eigenvalue weighted by molar-refractivity contribution is 7.18. The smallest absolute Gasteiger partial charge is 0.263 e. The van der Waals surface area contributed by atoms with E-state index in [-0.39, 0.29) is 0 Å². The van der Waals surface area contributed by atoms with Gasteiger partial charge in [-0.1, -0.05) is 41.7 Å². The normalized spacial score (nSPS) is 15.4. The summed E-state index contributed by atoms with van der Waals surface area (Å²) in [5.41, 5.74) is 5.20. The molecule has 4 rings (SSSR count). The van der Waals surface area contributed by atoms with Crippen LogP contribution in [0.4, 0.5) is 5.69 Å². The fourth-order valence-corrected chi connectivity index (χ4v) is 5.87. The summed E-state index contributed by atoms with van der Waals surface area (Å²) in [6.07, 6.45) is 9.35. The van der Waals surface area contributed by atoms with E-state index in [9.17, 15) is 0 Å². The highest BCUT2D eigenvalue weighted by atomic mass is 32.1. The number of nitrogens with zero attached hydrogens (tertiary/aromatic N) is 4. The monoisotopic (exact) mass is 477 g/mol. The number of allylic oxidation sites excluding steroid dienone is 2. The van der Waals surface area contributed by atoms with Crippen molar-refractivity contribution in [2.45, 2.75) is 12.8 Å². The zero-order valence-electron chi connectivity index (χ0n) is 21.8. The van der Waals surface area contributed by atoms with E-state index in [1.165, 1.54) is 64.5 Å². The van der Waals surface area contributed by atoms with Crippen molar-refractivity contribution in [3.8, 4) is 0 Å². The van der Waals surface area contributed by atoms with Gasteiger partial charge in [-0.25, -0.2) is 0 Å². The van der Waals surface area contributed by atoms with Crippen LogP contribution < -0.4 is 9.47 Å². The van der Waals surface area contributed by atoms with Crippen molar-refractivity contribution >= 4 is 38.9 Å². The average molecular weight is 478 g/mol. The molecule has 180 valence electrons. The number of para-hydroxylation sites is 2. The van der Waals surface area contributed by atoms with Crippen molar-refractivity contribution in [1.82, 2.24) is 0 Å². The molecule has 34 heavy (non-hydrogen) atoms. The lowest BCUT2D eigenvalue weighted by Crippen LogP contribution is -2.45. The Kier molecular flexibility index (Phi) is 7.27. The van der Waals surface area contributed by atoms with E-state index in [0.29, 0.717) is 0 Å². The summed E-state index contributed by atoms with van der Waals surface area (Å²) < 4.78 is 5.76. The Balaban J connectivity index is 1.45. The minimum Gasteiger partial charge on any atom is -0.347 e. The number of fused-ring (bicyclic) bond motifs is 2. The summed E-state index contributed by atoms with van der Waals surface area (Å²) in [6, 6.07) is 17.5. The van der Waals surface area contributed by atoms with Crippen LogP contribution in [0.5, 0.6) is 0 Å². The Morgan fingerprint density at radius 1 is 0.882 bits per heavy atom. The van der Waals surface area contributed by atoms with E-state index in [2.05, 4.69) is 119 Å². The van der Waals surface area contributed by atoms with Gasteiger partial charge in [-0.2, -0.15) is 4.57 Å². The summed E-state index contributed by atoms with van der Waals surface area (Å²) in [5.74, 6) is 0. The van der Waals surface area contributed by atoms with Crippen LogP contribution in [0.1, 0.15) is 23.4 Å². The van der Waals surface area contributed by atoms with Crippen molar-refractivity contribution in [2.24, 2.45) is 7.05 Å². The number of hydrogen-bond acceptors (Lipinski definition) is 2. The van der Waals surface area contributed by atoms with Gasteiger partial charge in [0.15, 0.2) is 0 Å². The molecule has 0 fully saturated rings. The van der Waals surface area contributed by atoms with Crippen LogP contribution in [0.15, 0.2) is 60.8 Å². The molecule has 0 unspecified atom stereocenters. The van der Waals surface area contributed by atoms with Crippen LogP contribution in [0.3, 0.4) is 0 Å². The first kappa shape index (κ1) is 24.6. The zero-order chi connectivity index (χ0) is 24.3. The number of aromatic nitrogens is 1. The summed E-state index contributed by atoms with van der Waals surface area (Å²) >= 11 is 1.85. The Morgan fingerprint density at radius 2 is 1.59 bits per heavy atom. The van der Waals surface area contributed by atoms with Crippen molar-refractivity contribution in [3.63, 3.8) is 0 Å². The van der Waals surface area contributed by atoms with Gasteiger partial charge in [-0.15, -0.1) is 0 Å². The Morgan fingerprint density at radius 3 is 2.35 bits per heavy atom. The fraction of sp³-hybridized carbons (Fsp3) is 0.414. The lowest BCUT2D eigenvalue weighted by atomic mass is 9.99. The molecule has 0 saturated carbocycles. The van der Waals surface area contributed by atoms with E-state index in [1.807, 2.05) is 11.3 Å². The van der Waals surface area contributed by atoms with Crippen LogP contribution in [-0.2, 0) is 7.05 Å². The predicted molar refractivity (Wildman–Crippen MR) is 148 cm³/mol. The number of anilines is 1. The van der Waals surface area contributed by atoms with Crippen LogP contribution in [0.25, 0.3) is 21.9 Å². The van der Waals surface area contributed by atoms with Crippen molar-refractivity contribution in [1.29, 1.82) is 0 Å². The number of benzene rings is 2. The second kappa shape index (κ2) is 10.0. The molecule has 2 heterocycles. The van der Waals surface area contributed by atoms with Gasteiger partial charge in [0.2, 0.25) is 5.52 Å². The lowest BCUT2D eigenvalue weighted by Gasteiger charge is -2.33. The maximum Gasteiger partial charge on any atom is 0.263 e. The molecular formula is C29H41N4S+3. The molecule has 0 saturated heterocycles. The highest BCUT2D eigenvalue weighted by Gasteiger charge is 2.21. The van der Waals surface area contributed by atoms with Gasteiger partial charge in [0.25, 0.3) is 5.01 Å². The lowest BCUT2D eigenvalue weighted by molar-refractivity contribution is -0.902. The van der Waals surface area contributed by atoms with E-state index in [0.717, 1.165) is 15.5 Å². The van der Waals surface area contributed by atoms with Crippen LogP contribution >= 0.6 is 11.3 Å². The first-order valence-electron chi connectivity index (χ1n) is 12.4. The summed E-state index contributed by atoms with van der Waals surface area (Å²) in [5, 5.41) is 1.28. The van der Waals surface area contributed by atoms with Crippen LogP contribution in [0, 0.1) is 0 Å². The molecule has 1 aliphatic rings. The summed E-state index contributed by atoms with van der Waals surface area (Å²) in [4.78, 5) is 2.43. The Labute approximate surface area is 209 Å². The molecule has 2 aromatic carbocycles. The van der Waals surface area contributed by atoms with Crippen molar-refractivity contribution in [3.05, 3.63) is 71.4 Å². The summed E-state index contributed by atoms with van der Waals surface area (Å²) in [7, 11) is 13.8. The molecule has 0 bridgehead atoms. The first-order chi connectivity index (χ1) is 16.1. The Hall–Kier alpha value is -2.47. The molecule has 5 heteroatoms. The van der Waals surface area contributed by atoms with Gasteiger partial charge >= 0.3 is 0 Å². The number of aryl methyl sites for hydroxylation is 1. The molecule has 0 amide bonds. The standard InChI is InChI=1S/C29H41N4S/c1-30-27-15-9-10-16-28(27)34-29(30)23-24-17-19-31(26-14-8-7-13-25(24)26)18-11-21-33(5,6)22-12-20-32(2,3)4/h7-10,13-17,19,23H,11-12,18,20-22H2,1-6H3/q+3. The number of thiazole rings is 1. The second-order valence-corrected chi connectivity index (χ2v) is 12.3. The van der Waals surface area contributed by atoms with E-state index in [1.54, 1.807) is 0 Å². The highest BCUT2D eigenvalue weighted by Crippen LogP contribution is 2.34. The Bertz CT molecular complexity index is 1200. The molecular weight excluding hydrogens is 436 g/mol. The molecule has 3 aromatic rings. The number of rotatable bonds is 9. The molecule has 0 N–H and O–H groups in total. The van der Waals surface area contributed by atoms with Gasteiger partial charge < -0.3 is 13.9 Å². The molecule has 1 aliphatic heterocycles. The van der Waals surface area contributed by atoms with Gasteiger partial charge in [0.1, 0.15) is 11.7 Å². The zero-order valence-corrected chi connectivity index (χ0v) is 22.6. The van der Waals surface area contributed by atoms with E-state index < -0.39 is 0 Å². The van der Waals surface area contributed by atoms with Crippen molar-refractivity contribution in [2.75, 3.05) is 66.3 Å². The maximum atomic E-state index is 2.43. The summed E-state index contributed by atoms with van der Waals surface area (Å²) in [6.45, 7) is 4.72. The molecule has 0 atom stereocenters. The third kappa shape index (κ3) is 5.96. The molecule has 0 radical (unpaired) electrons. The largest absolute Gasteiger partial charge is 0.347 e. The van der Waals surface area contributed by atoms with Crippen molar-refractivity contribution < 1.29 is 13.5 Å². The van der Waals surface area contributed by atoms with Gasteiger partial charge in [0, 0.05) is 49.0 Å². The van der Waals surface area contributed by atoms with Gasteiger partial charge in [-0.05, 0) is 23.8 Å². The maximum absolute atomic E-state index is 2.43. The van der Waals surface area contributed by atoms with Gasteiger partial charge in [0.05, 0.1) is 54.9 Å². The molecule has 0 aliphatic carbocycles. The topological polar surface area (TPSA) is 7.12 Å². The van der Waals surface area contributed by atoms with Gasteiger partial charge in [-0.3, -0.25) is 0 Å². The average Bonchev–Trinajstić information content (AvgIpc) is 3.09. The SMILES string of the molecule is C[n+]1c(/C=C2\C=CN(CCC[N+](C)(C)CCC[N+](C)(C)C)c3ccccc32)sc2ccccc21. The quantitative estimate of drug-likeness (QED) is 0.305. The third-order valence-electron chi connectivity index (χ3n) is 6.76. The van der Waals surface area contributed by atoms with E-state index in [4.69, 9.17) is 0 Å². The predicted octanol–water partition coefficient (Wildman–Crippen LogP) is 5.16.